The highest BCUT2D eigenvalue weighted by atomic mass is 79.9. The maximum absolute atomic E-state index is 13.2. The minimum absolute atomic E-state index is 0.000896. The van der Waals surface area contributed by atoms with Gasteiger partial charge in [-0.05, 0) is 52.3 Å². The van der Waals surface area contributed by atoms with Crippen molar-refractivity contribution in [2.75, 3.05) is 27.8 Å². The molecular formula is C32H32BrN11O6. The molecule has 258 valence electrons. The van der Waals surface area contributed by atoms with Gasteiger partial charge < -0.3 is 46.0 Å². The van der Waals surface area contributed by atoms with Gasteiger partial charge in [-0.25, -0.2) is 4.79 Å². The number of aryl methyl sites for hydroxylation is 3. The van der Waals surface area contributed by atoms with E-state index >= 15 is 0 Å². The third-order valence-electron chi connectivity index (χ3n) is 7.35. The molecule has 5 aromatic rings. The van der Waals surface area contributed by atoms with Crippen molar-refractivity contribution in [3.05, 3.63) is 89.3 Å². The zero-order chi connectivity index (χ0) is 36.3. The van der Waals surface area contributed by atoms with Crippen LogP contribution >= 0.6 is 15.9 Å². The third-order valence-corrected chi connectivity index (χ3v) is 7.71. The molecule has 0 saturated heterocycles. The first-order valence-electron chi connectivity index (χ1n) is 14.8. The van der Waals surface area contributed by atoms with Crippen molar-refractivity contribution in [2.24, 2.45) is 26.9 Å². The van der Waals surface area contributed by atoms with Gasteiger partial charge in [-0.15, -0.1) is 0 Å². The number of hydrogen-bond donors (Lipinski definition) is 6. The van der Waals surface area contributed by atoms with E-state index in [1.165, 1.54) is 38.1 Å². The smallest absolute Gasteiger partial charge is 0.346 e. The average Bonchev–Trinajstić information content (AvgIpc) is 3.81. The first-order chi connectivity index (χ1) is 23.7. The highest BCUT2D eigenvalue weighted by Crippen LogP contribution is 2.22. The Morgan fingerprint density at radius 1 is 0.720 bits per heavy atom. The van der Waals surface area contributed by atoms with Gasteiger partial charge >= 0.3 is 6.03 Å². The highest BCUT2D eigenvalue weighted by Gasteiger charge is 2.19. The molecule has 0 bridgehead atoms. The number of nitrogens with two attached hydrogens (primary N) is 1. The molecular weight excluding hydrogens is 714 g/mol. The predicted octanol–water partition coefficient (Wildman–Crippen LogP) is 3.09. The minimum atomic E-state index is -0.578. The van der Waals surface area contributed by atoms with Crippen LogP contribution in [-0.2, 0) is 30.7 Å². The van der Waals surface area contributed by atoms with E-state index < -0.39 is 35.6 Å². The van der Waals surface area contributed by atoms with Crippen LogP contribution in [0.1, 0.15) is 37.9 Å². The van der Waals surface area contributed by atoms with E-state index in [1.807, 2.05) is 0 Å². The molecule has 0 radical (unpaired) electrons. The number of amides is 6. The summed E-state index contributed by atoms with van der Waals surface area (Å²) >= 11 is 3.03. The van der Waals surface area contributed by atoms with Gasteiger partial charge in [0.25, 0.3) is 23.6 Å². The number of anilines is 4. The molecule has 0 unspecified atom stereocenters. The molecule has 50 heavy (non-hydrogen) atoms. The molecule has 0 fully saturated rings. The van der Waals surface area contributed by atoms with Crippen LogP contribution in [0.2, 0.25) is 0 Å². The number of halogens is 1. The third kappa shape index (κ3) is 7.98. The fourth-order valence-corrected chi connectivity index (χ4v) is 5.04. The van der Waals surface area contributed by atoms with Gasteiger partial charge in [0.15, 0.2) is 0 Å². The maximum Gasteiger partial charge on any atom is 0.346 e. The van der Waals surface area contributed by atoms with Gasteiger partial charge in [-0.1, -0.05) is 6.58 Å². The van der Waals surface area contributed by atoms with Crippen LogP contribution in [0.15, 0.2) is 72.2 Å². The largest absolute Gasteiger partial charge is 0.370 e. The number of hydrogen-bond acceptors (Lipinski definition) is 7. The van der Waals surface area contributed by atoms with E-state index in [4.69, 9.17) is 5.73 Å². The molecule has 17 nitrogen and oxygen atoms in total. The Hall–Kier alpha value is -6.43. The minimum Gasteiger partial charge on any atom is -0.370 e. The lowest BCUT2D eigenvalue weighted by Gasteiger charge is -2.04. The summed E-state index contributed by atoms with van der Waals surface area (Å²) in [5.41, 5.74) is 7.88. The van der Waals surface area contributed by atoms with E-state index in [2.05, 4.69) is 54.2 Å². The van der Waals surface area contributed by atoms with Crippen molar-refractivity contribution in [3.63, 3.8) is 0 Å². The Labute approximate surface area is 292 Å². The van der Waals surface area contributed by atoms with Crippen LogP contribution in [-0.4, -0.2) is 65.6 Å². The Bertz CT molecular complexity index is 2210. The first kappa shape index (κ1) is 34.9. The summed E-state index contributed by atoms with van der Waals surface area (Å²) in [7, 11) is 4.91. The fourth-order valence-electron chi connectivity index (χ4n) is 4.94. The summed E-state index contributed by atoms with van der Waals surface area (Å²) in [6, 6.07) is 8.87. The summed E-state index contributed by atoms with van der Waals surface area (Å²) in [5.74, 6) is -2.36. The van der Waals surface area contributed by atoms with E-state index in [-0.39, 0.29) is 34.5 Å². The molecule has 4 heterocycles. The van der Waals surface area contributed by atoms with Gasteiger partial charge in [0.2, 0.25) is 5.91 Å². The molecule has 1 aromatic carbocycles. The SMILES string of the molecule is C=C(Br)C(=O)Nc1ccc2nn(C(=O)Nc3cc(C(=O)Nc4cc(C(=O)Nc5cc(C(=O)NCCC(N)=O)n(C)c5)n(C)c4)n(C)c3)cc2c1. The maximum atomic E-state index is 13.2. The van der Waals surface area contributed by atoms with Crippen LogP contribution in [0.3, 0.4) is 0 Å². The quantitative estimate of drug-likeness (QED) is 0.111. The molecule has 0 aliphatic carbocycles. The monoisotopic (exact) mass is 745 g/mol. The van der Waals surface area contributed by atoms with Crippen molar-refractivity contribution in [1.29, 1.82) is 0 Å². The van der Waals surface area contributed by atoms with Crippen molar-refractivity contribution in [2.45, 2.75) is 6.42 Å². The van der Waals surface area contributed by atoms with Crippen LogP contribution in [0.25, 0.3) is 10.9 Å². The molecule has 18 heteroatoms. The lowest BCUT2D eigenvalue weighted by atomic mass is 10.2. The van der Waals surface area contributed by atoms with Crippen molar-refractivity contribution >= 4 is 85.1 Å². The van der Waals surface area contributed by atoms with E-state index in [0.717, 1.165) is 4.68 Å². The molecule has 0 atom stereocenters. The second-order valence-corrected chi connectivity index (χ2v) is 12.1. The summed E-state index contributed by atoms with van der Waals surface area (Å²) in [6.07, 6.45) is 6.20. The molecule has 6 amide bonds. The number of primary amides is 1. The second kappa shape index (κ2) is 14.4. The lowest BCUT2D eigenvalue weighted by Crippen LogP contribution is -2.29. The van der Waals surface area contributed by atoms with Gasteiger partial charge in [0.05, 0.1) is 27.1 Å². The first-order valence-corrected chi connectivity index (χ1v) is 15.6. The Balaban J connectivity index is 1.20. The summed E-state index contributed by atoms with van der Waals surface area (Å²) < 4.78 is 5.88. The standard InChI is InChI=1S/C32H32BrN11O6/c1-17(33)28(46)36-19-5-6-23-18(9-19)13-44(40-23)32(50)39-22-12-26(43(4)16-22)31(49)38-21-11-25(42(3)15-21)30(48)37-20-10-24(41(2)14-20)29(47)35-8-7-27(34)45/h5-6,9-16H,1,7-8H2,2-4H3,(H2,34,45)(H,35,47)(H,36,46)(H,37,48)(H,38,49)(H,39,50). The highest BCUT2D eigenvalue weighted by molar-refractivity contribution is 9.12. The normalized spacial score (nSPS) is 10.8. The summed E-state index contributed by atoms with van der Waals surface area (Å²) in [5, 5.41) is 18.4. The van der Waals surface area contributed by atoms with E-state index in [1.54, 1.807) is 57.9 Å². The Morgan fingerprint density at radius 3 is 1.76 bits per heavy atom. The molecule has 0 spiro atoms. The average molecular weight is 747 g/mol. The molecule has 0 aliphatic rings. The number of carbonyl (C=O) groups is 6. The van der Waals surface area contributed by atoms with Gasteiger partial charge in [-0.3, -0.25) is 24.0 Å². The van der Waals surface area contributed by atoms with Crippen molar-refractivity contribution in [1.82, 2.24) is 28.8 Å². The van der Waals surface area contributed by atoms with Crippen LogP contribution < -0.4 is 32.3 Å². The molecule has 0 aliphatic heterocycles. The number of aromatic nitrogens is 5. The van der Waals surface area contributed by atoms with E-state index in [0.29, 0.717) is 33.7 Å². The summed E-state index contributed by atoms with van der Waals surface area (Å²) in [4.78, 5) is 74.5. The predicted molar refractivity (Wildman–Crippen MR) is 189 cm³/mol. The van der Waals surface area contributed by atoms with E-state index in [9.17, 15) is 28.8 Å². The topological polar surface area (TPSA) is 221 Å². The zero-order valence-corrected chi connectivity index (χ0v) is 28.6. The van der Waals surface area contributed by atoms with Crippen LogP contribution in [0.5, 0.6) is 0 Å². The molecule has 5 rings (SSSR count). The number of nitrogens with one attached hydrogen (secondary N) is 5. The summed E-state index contributed by atoms with van der Waals surface area (Å²) in [6.45, 7) is 3.62. The van der Waals surface area contributed by atoms with Gasteiger partial charge in [-0.2, -0.15) is 9.78 Å². The van der Waals surface area contributed by atoms with Crippen molar-refractivity contribution < 1.29 is 28.8 Å². The Morgan fingerprint density at radius 2 is 1.24 bits per heavy atom. The van der Waals surface area contributed by atoms with Crippen LogP contribution in [0, 0.1) is 0 Å². The molecule has 0 saturated carbocycles. The number of benzene rings is 1. The number of fused-ring (bicyclic) bond motifs is 1. The number of nitrogens with zero attached hydrogens (tertiary/aromatic N) is 5. The zero-order valence-electron chi connectivity index (χ0n) is 27.0. The van der Waals surface area contributed by atoms with Crippen molar-refractivity contribution in [3.8, 4) is 0 Å². The van der Waals surface area contributed by atoms with Gasteiger partial charge in [0, 0.05) is 70.0 Å². The molecule has 7 N–H and O–H groups in total. The lowest BCUT2D eigenvalue weighted by molar-refractivity contribution is -0.118. The Kier molecular flexibility index (Phi) is 10.0. The van der Waals surface area contributed by atoms with Crippen LogP contribution in [0.4, 0.5) is 27.5 Å². The fraction of sp³-hybridized carbons (Fsp3) is 0.156. The van der Waals surface area contributed by atoms with Gasteiger partial charge in [0.1, 0.15) is 17.1 Å². The second-order valence-electron chi connectivity index (χ2n) is 11.2. The number of rotatable bonds is 11. The number of carbonyl (C=O) groups excluding carboxylic acids is 6. The molecule has 4 aromatic heterocycles.